The molecular formula is C16H25N5S. The summed E-state index contributed by atoms with van der Waals surface area (Å²) in [6.07, 6.45) is 5.16. The van der Waals surface area contributed by atoms with E-state index in [-0.39, 0.29) is 0 Å². The molecule has 1 aliphatic heterocycles. The number of rotatable bonds is 6. The van der Waals surface area contributed by atoms with Crippen molar-refractivity contribution in [1.29, 1.82) is 0 Å². The van der Waals surface area contributed by atoms with Crippen LogP contribution in [-0.4, -0.2) is 51.0 Å². The monoisotopic (exact) mass is 319 g/mol. The van der Waals surface area contributed by atoms with Gasteiger partial charge in [0.15, 0.2) is 0 Å². The van der Waals surface area contributed by atoms with Gasteiger partial charge in [-0.1, -0.05) is 0 Å². The van der Waals surface area contributed by atoms with Crippen molar-refractivity contribution in [3.8, 4) is 0 Å². The van der Waals surface area contributed by atoms with Crippen LogP contribution in [0.5, 0.6) is 0 Å². The van der Waals surface area contributed by atoms with E-state index in [4.69, 9.17) is 0 Å². The van der Waals surface area contributed by atoms with E-state index < -0.39 is 0 Å². The van der Waals surface area contributed by atoms with Gasteiger partial charge in [0, 0.05) is 44.3 Å². The fraction of sp³-hybridized carbons (Fsp3) is 0.625. The molecule has 0 radical (unpaired) electrons. The molecule has 0 bridgehead atoms. The number of hydrogen-bond acceptors (Lipinski definition) is 5. The maximum atomic E-state index is 4.34. The molecule has 3 heterocycles. The molecule has 0 N–H and O–H groups in total. The molecule has 1 aliphatic rings. The van der Waals surface area contributed by atoms with E-state index in [1.54, 1.807) is 11.3 Å². The normalized spacial score (nSPS) is 19.4. The lowest BCUT2D eigenvalue weighted by atomic mass is 10.1. The molecule has 1 atom stereocenters. The van der Waals surface area contributed by atoms with Crippen molar-refractivity contribution in [3.63, 3.8) is 0 Å². The maximum Gasteiger partial charge on any atom is 0.0945 e. The van der Waals surface area contributed by atoms with E-state index in [1.165, 1.54) is 42.3 Å². The summed E-state index contributed by atoms with van der Waals surface area (Å²) >= 11 is 1.77. The molecule has 0 spiro atoms. The van der Waals surface area contributed by atoms with Crippen molar-refractivity contribution in [2.45, 2.75) is 26.4 Å². The summed E-state index contributed by atoms with van der Waals surface area (Å²) in [7, 11) is 4.30. The standard InChI is InChI=1S/C16H25N5S/c1-13-16(22-12-18-13)10-19(2)7-14-4-5-21(8-14)9-15-6-17-11-20(15)3/h6,11-12,14H,4-5,7-10H2,1-3H3. The highest BCUT2D eigenvalue weighted by atomic mass is 32.1. The van der Waals surface area contributed by atoms with Crippen molar-refractivity contribution < 1.29 is 0 Å². The Morgan fingerprint density at radius 2 is 2.32 bits per heavy atom. The second kappa shape index (κ2) is 6.89. The van der Waals surface area contributed by atoms with Gasteiger partial charge in [-0.3, -0.25) is 4.90 Å². The average Bonchev–Trinajstić information content (AvgIpc) is 3.17. The van der Waals surface area contributed by atoms with Crippen LogP contribution in [0.3, 0.4) is 0 Å². The summed E-state index contributed by atoms with van der Waals surface area (Å²) in [6, 6.07) is 0. The van der Waals surface area contributed by atoms with Crippen molar-refractivity contribution in [1.82, 2.24) is 24.3 Å². The Morgan fingerprint density at radius 1 is 1.45 bits per heavy atom. The highest BCUT2D eigenvalue weighted by Gasteiger charge is 2.24. The lowest BCUT2D eigenvalue weighted by molar-refractivity contribution is 0.254. The number of imidazole rings is 1. The molecule has 3 rings (SSSR count). The molecule has 5 nitrogen and oxygen atoms in total. The lowest BCUT2D eigenvalue weighted by Gasteiger charge is -2.21. The molecule has 0 amide bonds. The molecule has 6 heteroatoms. The zero-order valence-electron chi connectivity index (χ0n) is 13.7. The van der Waals surface area contributed by atoms with Crippen LogP contribution in [-0.2, 0) is 20.1 Å². The van der Waals surface area contributed by atoms with Gasteiger partial charge in [0.1, 0.15) is 0 Å². The van der Waals surface area contributed by atoms with Gasteiger partial charge in [-0.15, -0.1) is 11.3 Å². The summed E-state index contributed by atoms with van der Waals surface area (Å²) in [5.41, 5.74) is 4.43. The third-order valence-electron chi connectivity index (χ3n) is 4.50. The lowest BCUT2D eigenvalue weighted by Crippen LogP contribution is -2.28. The van der Waals surface area contributed by atoms with Crippen LogP contribution in [0.2, 0.25) is 0 Å². The van der Waals surface area contributed by atoms with Crippen molar-refractivity contribution >= 4 is 11.3 Å². The van der Waals surface area contributed by atoms with Gasteiger partial charge in [0.2, 0.25) is 0 Å². The van der Waals surface area contributed by atoms with Crippen LogP contribution in [0.1, 0.15) is 22.7 Å². The molecule has 1 saturated heterocycles. The molecule has 0 aliphatic carbocycles. The molecule has 120 valence electrons. The van der Waals surface area contributed by atoms with E-state index in [2.05, 4.69) is 45.4 Å². The summed E-state index contributed by atoms with van der Waals surface area (Å²) in [5.74, 6) is 0.770. The number of nitrogens with zero attached hydrogens (tertiary/aromatic N) is 5. The SMILES string of the molecule is Cc1ncsc1CN(C)CC1CCN(Cc2cncn2C)C1. The summed E-state index contributed by atoms with van der Waals surface area (Å²) in [5, 5.41) is 0. The number of aromatic nitrogens is 3. The van der Waals surface area contributed by atoms with Gasteiger partial charge >= 0.3 is 0 Å². The number of likely N-dealkylation sites (tertiary alicyclic amines) is 1. The minimum atomic E-state index is 0.770. The molecule has 1 unspecified atom stereocenters. The van der Waals surface area contributed by atoms with Crippen LogP contribution in [0.15, 0.2) is 18.0 Å². The third-order valence-corrected chi connectivity index (χ3v) is 5.42. The van der Waals surface area contributed by atoms with Crippen molar-refractivity contribution in [2.24, 2.45) is 13.0 Å². The number of hydrogen-bond donors (Lipinski definition) is 0. The maximum absolute atomic E-state index is 4.34. The van der Waals surface area contributed by atoms with Crippen LogP contribution in [0, 0.1) is 12.8 Å². The minimum Gasteiger partial charge on any atom is -0.337 e. The van der Waals surface area contributed by atoms with E-state index in [1.807, 2.05) is 18.0 Å². The van der Waals surface area contributed by atoms with Crippen LogP contribution in [0.4, 0.5) is 0 Å². The highest BCUT2D eigenvalue weighted by molar-refractivity contribution is 7.09. The Balaban J connectivity index is 1.46. The number of aryl methyl sites for hydroxylation is 2. The molecule has 1 fully saturated rings. The molecule has 2 aromatic rings. The van der Waals surface area contributed by atoms with Crippen LogP contribution < -0.4 is 0 Å². The smallest absolute Gasteiger partial charge is 0.0945 e. The zero-order chi connectivity index (χ0) is 15.5. The molecule has 22 heavy (non-hydrogen) atoms. The van der Waals surface area contributed by atoms with E-state index in [0.717, 1.165) is 19.0 Å². The van der Waals surface area contributed by atoms with E-state index >= 15 is 0 Å². The molecule has 2 aromatic heterocycles. The highest BCUT2D eigenvalue weighted by Crippen LogP contribution is 2.21. The van der Waals surface area contributed by atoms with Gasteiger partial charge in [-0.05, 0) is 32.9 Å². The Morgan fingerprint density at radius 3 is 3.00 bits per heavy atom. The quantitative estimate of drug-likeness (QED) is 0.817. The summed E-state index contributed by atoms with van der Waals surface area (Å²) in [4.78, 5) is 14.9. The first-order chi connectivity index (χ1) is 10.6. The Hall–Kier alpha value is -1.24. The topological polar surface area (TPSA) is 37.2 Å². The second-order valence-corrected chi connectivity index (χ2v) is 7.38. The molecular weight excluding hydrogens is 294 g/mol. The van der Waals surface area contributed by atoms with Gasteiger partial charge in [-0.2, -0.15) is 0 Å². The first-order valence-corrected chi connectivity index (χ1v) is 8.75. The van der Waals surface area contributed by atoms with Gasteiger partial charge in [0.25, 0.3) is 0 Å². The number of thiazole rings is 1. The predicted octanol–water partition coefficient (Wildman–Crippen LogP) is 2.14. The largest absolute Gasteiger partial charge is 0.337 e. The summed E-state index contributed by atoms with van der Waals surface area (Å²) < 4.78 is 2.12. The van der Waals surface area contributed by atoms with Crippen molar-refractivity contribution in [3.05, 3.63) is 34.3 Å². The second-order valence-electron chi connectivity index (χ2n) is 6.44. The van der Waals surface area contributed by atoms with Crippen LogP contribution >= 0.6 is 11.3 Å². The third kappa shape index (κ3) is 3.74. The summed E-state index contributed by atoms with van der Waals surface area (Å²) in [6.45, 7) is 7.70. The molecule has 0 saturated carbocycles. The average molecular weight is 319 g/mol. The Kier molecular flexibility index (Phi) is 4.90. The fourth-order valence-electron chi connectivity index (χ4n) is 3.20. The Bertz CT molecular complexity index is 605. The predicted molar refractivity (Wildman–Crippen MR) is 89.8 cm³/mol. The van der Waals surface area contributed by atoms with E-state index in [9.17, 15) is 0 Å². The van der Waals surface area contributed by atoms with Gasteiger partial charge < -0.3 is 9.47 Å². The van der Waals surface area contributed by atoms with Crippen LogP contribution in [0.25, 0.3) is 0 Å². The fourth-order valence-corrected chi connectivity index (χ4v) is 4.06. The van der Waals surface area contributed by atoms with Gasteiger partial charge in [-0.25, -0.2) is 9.97 Å². The van der Waals surface area contributed by atoms with Gasteiger partial charge in [0.05, 0.1) is 23.2 Å². The Labute approximate surface area is 136 Å². The van der Waals surface area contributed by atoms with Crippen molar-refractivity contribution in [2.75, 3.05) is 26.7 Å². The van der Waals surface area contributed by atoms with E-state index in [0.29, 0.717) is 0 Å². The first-order valence-electron chi connectivity index (χ1n) is 7.87. The molecule has 0 aromatic carbocycles. The zero-order valence-corrected chi connectivity index (χ0v) is 14.5. The minimum absolute atomic E-state index is 0.770. The first kappa shape index (κ1) is 15.6.